The van der Waals surface area contributed by atoms with Crippen molar-refractivity contribution in [1.29, 1.82) is 0 Å². The Labute approximate surface area is 127 Å². The highest BCUT2D eigenvalue weighted by Crippen LogP contribution is 2.47. The van der Waals surface area contributed by atoms with Crippen LogP contribution in [0.1, 0.15) is 36.3 Å². The Morgan fingerprint density at radius 1 is 1.19 bits per heavy atom. The highest BCUT2D eigenvalue weighted by atomic mass is 16.3. The molecule has 0 amide bonds. The number of hydrogen-bond acceptors (Lipinski definition) is 3. The van der Waals surface area contributed by atoms with Gasteiger partial charge in [0.1, 0.15) is 11.5 Å². The summed E-state index contributed by atoms with van der Waals surface area (Å²) in [7, 11) is 4.18. The molecule has 1 fully saturated rings. The maximum atomic E-state index is 5.95. The van der Waals surface area contributed by atoms with Crippen molar-refractivity contribution >= 4 is 5.69 Å². The smallest absolute Gasteiger partial charge is 0.123 e. The van der Waals surface area contributed by atoms with Crippen LogP contribution in [-0.4, -0.2) is 19.0 Å². The lowest BCUT2D eigenvalue weighted by molar-refractivity contribution is 0.403. The standard InChI is InChI=1S/C18H24N2O/c1-13-10-16(13)18-9-8-15(21-18)11-19-17-7-5-4-6-14(17)12-20(2)3/h4-9,13,16,19H,10-12H2,1-3H3. The number of hydrogen-bond donors (Lipinski definition) is 1. The van der Waals surface area contributed by atoms with Gasteiger partial charge in [-0.3, -0.25) is 0 Å². The second kappa shape index (κ2) is 5.94. The molecule has 21 heavy (non-hydrogen) atoms. The van der Waals surface area contributed by atoms with Gasteiger partial charge in [-0.1, -0.05) is 25.1 Å². The number of benzene rings is 1. The summed E-state index contributed by atoms with van der Waals surface area (Å²) < 4.78 is 5.95. The van der Waals surface area contributed by atoms with Crippen LogP contribution < -0.4 is 5.32 Å². The Hall–Kier alpha value is -1.74. The summed E-state index contributed by atoms with van der Waals surface area (Å²) in [5.74, 6) is 3.61. The monoisotopic (exact) mass is 284 g/mol. The Kier molecular flexibility index (Phi) is 4.02. The predicted octanol–water partition coefficient (Wildman–Crippen LogP) is 4.08. The Morgan fingerprint density at radius 2 is 1.95 bits per heavy atom. The van der Waals surface area contributed by atoms with Crippen LogP contribution in [0.5, 0.6) is 0 Å². The molecular weight excluding hydrogens is 260 g/mol. The molecule has 2 aromatic rings. The molecule has 1 saturated carbocycles. The zero-order valence-corrected chi connectivity index (χ0v) is 13.1. The van der Waals surface area contributed by atoms with Crippen LogP contribution in [0.15, 0.2) is 40.8 Å². The third-order valence-electron chi connectivity index (χ3n) is 4.11. The largest absolute Gasteiger partial charge is 0.464 e. The van der Waals surface area contributed by atoms with Crippen LogP contribution in [-0.2, 0) is 13.1 Å². The van der Waals surface area contributed by atoms with Crippen molar-refractivity contribution in [1.82, 2.24) is 4.90 Å². The number of nitrogens with one attached hydrogen (secondary N) is 1. The van der Waals surface area contributed by atoms with E-state index in [1.807, 2.05) is 0 Å². The molecule has 1 aromatic heterocycles. The van der Waals surface area contributed by atoms with Gasteiger partial charge in [0.25, 0.3) is 0 Å². The zero-order valence-electron chi connectivity index (χ0n) is 13.1. The van der Waals surface area contributed by atoms with Gasteiger partial charge in [-0.15, -0.1) is 0 Å². The summed E-state index contributed by atoms with van der Waals surface area (Å²) in [4.78, 5) is 2.18. The van der Waals surface area contributed by atoms with E-state index in [9.17, 15) is 0 Å². The molecule has 3 rings (SSSR count). The molecule has 3 heteroatoms. The zero-order chi connectivity index (χ0) is 14.8. The fraction of sp³-hybridized carbons (Fsp3) is 0.444. The molecule has 1 N–H and O–H groups in total. The molecule has 0 radical (unpaired) electrons. The van der Waals surface area contributed by atoms with E-state index in [0.717, 1.165) is 30.5 Å². The fourth-order valence-corrected chi connectivity index (χ4v) is 2.76. The van der Waals surface area contributed by atoms with Crippen molar-refractivity contribution in [2.24, 2.45) is 5.92 Å². The molecule has 2 atom stereocenters. The second-order valence-electron chi connectivity index (χ2n) is 6.37. The molecule has 0 saturated heterocycles. The third-order valence-corrected chi connectivity index (χ3v) is 4.11. The molecule has 1 aliphatic rings. The van der Waals surface area contributed by atoms with Crippen molar-refractivity contribution < 1.29 is 4.42 Å². The van der Waals surface area contributed by atoms with E-state index < -0.39 is 0 Å². The maximum Gasteiger partial charge on any atom is 0.123 e. The molecule has 1 aromatic carbocycles. The van der Waals surface area contributed by atoms with Gasteiger partial charge >= 0.3 is 0 Å². The topological polar surface area (TPSA) is 28.4 Å². The van der Waals surface area contributed by atoms with Crippen molar-refractivity contribution in [3.8, 4) is 0 Å². The summed E-state index contributed by atoms with van der Waals surface area (Å²) in [5.41, 5.74) is 2.49. The van der Waals surface area contributed by atoms with E-state index in [4.69, 9.17) is 4.42 Å². The lowest BCUT2D eigenvalue weighted by Gasteiger charge is -2.15. The molecule has 2 unspecified atom stereocenters. The van der Waals surface area contributed by atoms with Gasteiger partial charge in [-0.25, -0.2) is 0 Å². The molecule has 112 valence electrons. The Morgan fingerprint density at radius 3 is 2.67 bits per heavy atom. The molecule has 1 aliphatic carbocycles. The average molecular weight is 284 g/mol. The summed E-state index contributed by atoms with van der Waals surface area (Å²) in [6.07, 6.45) is 1.27. The van der Waals surface area contributed by atoms with Gasteiger partial charge < -0.3 is 14.6 Å². The lowest BCUT2D eigenvalue weighted by Crippen LogP contribution is -2.12. The van der Waals surface area contributed by atoms with E-state index >= 15 is 0 Å². The van der Waals surface area contributed by atoms with Gasteiger partial charge in [0.15, 0.2) is 0 Å². The van der Waals surface area contributed by atoms with Gasteiger partial charge in [-0.05, 0) is 50.2 Å². The number of rotatable bonds is 6. The van der Waals surface area contributed by atoms with E-state index in [0.29, 0.717) is 5.92 Å². The minimum Gasteiger partial charge on any atom is -0.464 e. The van der Waals surface area contributed by atoms with Crippen molar-refractivity contribution in [2.75, 3.05) is 19.4 Å². The lowest BCUT2D eigenvalue weighted by atomic mass is 10.1. The summed E-state index contributed by atoms with van der Waals surface area (Å²) in [6, 6.07) is 12.7. The highest BCUT2D eigenvalue weighted by Gasteiger charge is 2.36. The molecule has 0 aliphatic heterocycles. The number of furan rings is 1. The predicted molar refractivity (Wildman–Crippen MR) is 86.4 cm³/mol. The summed E-state index contributed by atoms with van der Waals surface area (Å²) >= 11 is 0. The SMILES string of the molecule is CC1CC1c1ccc(CNc2ccccc2CN(C)C)o1. The van der Waals surface area contributed by atoms with Crippen molar-refractivity contribution in [3.05, 3.63) is 53.5 Å². The number of nitrogens with zero attached hydrogens (tertiary/aromatic N) is 1. The Bertz CT molecular complexity index is 603. The first-order chi connectivity index (χ1) is 10.1. The van der Waals surface area contributed by atoms with Gasteiger partial charge in [0.05, 0.1) is 6.54 Å². The number of para-hydroxylation sites is 1. The quantitative estimate of drug-likeness (QED) is 0.866. The summed E-state index contributed by atoms with van der Waals surface area (Å²) in [5, 5.41) is 3.50. The van der Waals surface area contributed by atoms with E-state index in [-0.39, 0.29) is 0 Å². The van der Waals surface area contributed by atoms with Gasteiger partial charge in [0, 0.05) is 18.2 Å². The van der Waals surface area contributed by atoms with Crippen LogP contribution >= 0.6 is 0 Å². The van der Waals surface area contributed by atoms with E-state index in [1.165, 1.54) is 17.7 Å². The minimum atomic E-state index is 0.653. The first-order valence-electron chi connectivity index (χ1n) is 7.68. The Balaban J connectivity index is 1.63. The highest BCUT2D eigenvalue weighted by molar-refractivity contribution is 5.51. The van der Waals surface area contributed by atoms with Gasteiger partial charge in [0.2, 0.25) is 0 Å². The van der Waals surface area contributed by atoms with E-state index in [1.54, 1.807) is 0 Å². The van der Waals surface area contributed by atoms with Crippen LogP contribution in [0.3, 0.4) is 0 Å². The summed E-state index contributed by atoms with van der Waals surface area (Å²) in [6.45, 7) is 3.96. The molecule has 1 heterocycles. The van der Waals surface area contributed by atoms with Crippen LogP contribution in [0.25, 0.3) is 0 Å². The van der Waals surface area contributed by atoms with E-state index in [2.05, 4.69) is 67.6 Å². The first-order valence-corrected chi connectivity index (χ1v) is 7.68. The van der Waals surface area contributed by atoms with Crippen molar-refractivity contribution in [2.45, 2.75) is 32.4 Å². The minimum absolute atomic E-state index is 0.653. The number of anilines is 1. The van der Waals surface area contributed by atoms with Crippen LogP contribution in [0.4, 0.5) is 5.69 Å². The third kappa shape index (κ3) is 3.48. The fourth-order valence-electron chi connectivity index (χ4n) is 2.76. The normalized spacial score (nSPS) is 20.8. The first kappa shape index (κ1) is 14.2. The van der Waals surface area contributed by atoms with Crippen molar-refractivity contribution in [3.63, 3.8) is 0 Å². The molecular formula is C18H24N2O. The van der Waals surface area contributed by atoms with Gasteiger partial charge in [-0.2, -0.15) is 0 Å². The maximum absolute atomic E-state index is 5.95. The molecule has 0 bridgehead atoms. The van der Waals surface area contributed by atoms with Crippen LogP contribution in [0.2, 0.25) is 0 Å². The second-order valence-corrected chi connectivity index (χ2v) is 6.37. The molecule has 0 spiro atoms. The van der Waals surface area contributed by atoms with Crippen LogP contribution in [0, 0.1) is 5.92 Å². The molecule has 3 nitrogen and oxygen atoms in total. The average Bonchev–Trinajstić information content (AvgIpc) is 3.00.